The second kappa shape index (κ2) is 7.84. The number of fused-ring (bicyclic) bond motifs is 1. The molecule has 0 spiro atoms. The molecule has 29 heavy (non-hydrogen) atoms. The molecule has 2 atom stereocenters. The van der Waals surface area contributed by atoms with Crippen LogP contribution in [0.3, 0.4) is 0 Å². The van der Waals surface area contributed by atoms with E-state index in [0.717, 1.165) is 16.8 Å². The number of ether oxygens (including phenoxy) is 1. The Hall–Kier alpha value is -2.32. The summed E-state index contributed by atoms with van der Waals surface area (Å²) in [5.74, 6) is 0.519. The molecule has 2 aromatic rings. The lowest BCUT2D eigenvalue weighted by Crippen LogP contribution is -2.38. The second-order valence-electron chi connectivity index (χ2n) is 7.30. The van der Waals surface area contributed by atoms with E-state index in [2.05, 4.69) is 4.99 Å². The van der Waals surface area contributed by atoms with Crippen molar-refractivity contribution in [1.82, 2.24) is 0 Å². The van der Waals surface area contributed by atoms with Crippen LogP contribution in [0.5, 0.6) is 5.75 Å². The van der Waals surface area contributed by atoms with Crippen molar-refractivity contribution < 1.29 is 17.9 Å². The van der Waals surface area contributed by atoms with Gasteiger partial charge in [-0.15, -0.1) is 0 Å². The molecule has 0 unspecified atom stereocenters. The fourth-order valence-corrected chi connectivity index (χ4v) is 7.74. The van der Waals surface area contributed by atoms with Crippen LogP contribution in [0.1, 0.15) is 11.1 Å². The van der Waals surface area contributed by atoms with Crippen molar-refractivity contribution >= 4 is 38.4 Å². The van der Waals surface area contributed by atoms with Gasteiger partial charge in [0.1, 0.15) is 5.75 Å². The Morgan fingerprint density at radius 3 is 2.76 bits per heavy atom. The lowest BCUT2D eigenvalue weighted by Gasteiger charge is -2.26. The van der Waals surface area contributed by atoms with E-state index < -0.39 is 9.84 Å². The fraction of sp³-hybridized carbons (Fsp3) is 0.333. The van der Waals surface area contributed by atoms with Gasteiger partial charge in [0.2, 0.25) is 0 Å². The van der Waals surface area contributed by atoms with Crippen LogP contribution in [0.25, 0.3) is 0 Å². The second-order valence-corrected chi connectivity index (χ2v) is 10.7. The Bertz CT molecular complexity index is 1080. The number of rotatable bonds is 4. The summed E-state index contributed by atoms with van der Waals surface area (Å²) in [6, 6.07) is 14.9. The minimum Gasteiger partial charge on any atom is -0.495 e. The van der Waals surface area contributed by atoms with Crippen LogP contribution in [0.2, 0.25) is 0 Å². The van der Waals surface area contributed by atoms with E-state index in [4.69, 9.17) is 4.74 Å². The summed E-state index contributed by atoms with van der Waals surface area (Å²) in [6.07, 6.45) is 0.207. The monoisotopic (exact) mass is 430 g/mol. The van der Waals surface area contributed by atoms with E-state index in [-0.39, 0.29) is 35.1 Å². The molecule has 2 aliphatic heterocycles. The van der Waals surface area contributed by atoms with Crippen molar-refractivity contribution in [1.29, 1.82) is 0 Å². The molecule has 0 bridgehead atoms. The third-order valence-electron chi connectivity index (χ3n) is 5.07. The SMILES string of the molecule is COc1ccccc1N1C(=NC(=O)Cc2cccc(C)c2)S[C@@H]2CS(=O)(=O)C[C@H]21. The molecule has 2 aliphatic rings. The third kappa shape index (κ3) is 4.18. The Balaban J connectivity index is 1.68. The lowest BCUT2D eigenvalue weighted by molar-refractivity contribution is -0.117. The molecule has 2 aromatic carbocycles. The van der Waals surface area contributed by atoms with Crippen molar-refractivity contribution in [2.75, 3.05) is 23.5 Å². The average Bonchev–Trinajstić information content (AvgIpc) is 3.12. The first-order valence-corrected chi connectivity index (χ1v) is 12.0. The van der Waals surface area contributed by atoms with Gasteiger partial charge in [0.05, 0.1) is 36.8 Å². The number of hydrogen-bond donors (Lipinski definition) is 0. The van der Waals surface area contributed by atoms with Gasteiger partial charge >= 0.3 is 0 Å². The van der Waals surface area contributed by atoms with Crippen molar-refractivity contribution in [3.8, 4) is 5.75 Å². The Morgan fingerprint density at radius 1 is 1.21 bits per heavy atom. The molecule has 6 nitrogen and oxygen atoms in total. The van der Waals surface area contributed by atoms with Crippen LogP contribution in [0, 0.1) is 6.92 Å². The van der Waals surface area contributed by atoms with E-state index >= 15 is 0 Å². The molecule has 152 valence electrons. The number of thioether (sulfide) groups is 1. The maximum absolute atomic E-state index is 12.7. The van der Waals surface area contributed by atoms with Crippen LogP contribution in [0.15, 0.2) is 53.5 Å². The van der Waals surface area contributed by atoms with Crippen molar-refractivity contribution in [2.24, 2.45) is 4.99 Å². The lowest BCUT2D eigenvalue weighted by atomic mass is 10.1. The highest BCUT2D eigenvalue weighted by atomic mass is 32.2. The smallest absolute Gasteiger partial charge is 0.252 e. The number of sulfone groups is 1. The number of methoxy groups -OCH3 is 1. The minimum atomic E-state index is -3.11. The van der Waals surface area contributed by atoms with Gasteiger partial charge in [-0.2, -0.15) is 4.99 Å². The highest BCUT2D eigenvalue weighted by Crippen LogP contribution is 2.43. The molecular formula is C21H22N2O4S2. The zero-order valence-corrected chi connectivity index (χ0v) is 17.9. The Kier molecular flexibility index (Phi) is 5.40. The fourth-order valence-electron chi connectivity index (χ4n) is 3.82. The first kappa shape index (κ1) is 20.0. The highest BCUT2D eigenvalue weighted by Gasteiger charge is 2.50. The van der Waals surface area contributed by atoms with Gasteiger partial charge in [-0.1, -0.05) is 53.7 Å². The summed E-state index contributed by atoms with van der Waals surface area (Å²) >= 11 is 1.37. The number of aryl methyl sites for hydroxylation is 1. The van der Waals surface area contributed by atoms with Gasteiger partial charge in [-0.3, -0.25) is 4.79 Å². The molecular weight excluding hydrogens is 408 g/mol. The van der Waals surface area contributed by atoms with Gasteiger partial charge in [0.15, 0.2) is 15.0 Å². The topological polar surface area (TPSA) is 76.0 Å². The quantitative estimate of drug-likeness (QED) is 0.743. The summed E-state index contributed by atoms with van der Waals surface area (Å²) in [5, 5.41) is 0.396. The Labute approximate surface area is 174 Å². The largest absolute Gasteiger partial charge is 0.495 e. The predicted molar refractivity (Wildman–Crippen MR) is 117 cm³/mol. The number of benzene rings is 2. The molecule has 0 aliphatic carbocycles. The first-order valence-electron chi connectivity index (χ1n) is 9.33. The van der Waals surface area contributed by atoms with E-state index in [1.807, 2.05) is 60.4 Å². The number of hydrogen-bond acceptors (Lipinski definition) is 5. The standard InChI is InChI=1S/C21H22N2O4S2/c1-14-6-5-7-15(10-14)11-20(24)22-21-23(16-8-3-4-9-18(16)27-2)17-12-29(25,26)13-19(17)28-21/h3-10,17,19H,11-13H2,1-2H3/t17-,19-/m1/s1. The molecule has 8 heteroatoms. The summed E-state index contributed by atoms with van der Waals surface area (Å²) in [5.41, 5.74) is 2.73. The van der Waals surface area contributed by atoms with E-state index in [1.54, 1.807) is 7.11 Å². The third-order valence-corrected chi connectivity index (χ3v) is 8.28. The van der Waals surface area contributed by atoms with Gasteiger partial charge in [0.25, 0.3) is 5.91 Å². The van der Waals surface area contributed by atoms with Crippen molar-refractivity contribution in [3.05, 3.63) is 59.7 Å². The number of amides is 1. The van der Waals surface area contributed by atoms with Gasteiger partial charge < -0.3 is 9.64 Å². The highest BCUT2D eigenvalue weighted by molar-refractivity contribution is 8.16. The molecule has 0 radical (unpaired) electrons. The predicted octanol–water partition coefficient (Wildman–Crippen LogP) is 2.85. The van der Waals surface area contributed by atoms with E-state index in [0.29, 0.717) is 10.9 Å². The summed E-state index contributed by atoms with van der Waals surface area (Å²) < 4.78 is 29.9. The number of nitrogens with zero attached hydrogens (tertiary/aromatic N) is 2. The van der Waals surface area contributed by atoms with Gasteiger partial charge in [-0.25, -0.2) is 8.42 Å². The number of amidine groups is 1. The average molecular weight is 431 g/mol. The summed E-state index contributed by atoms with van der Waals surface area (Å²) in [4.78, 5) is 18.9. The molecule has 2 saturated heterocycles. The van der Waals surface area contributed by atoms with Gasteiger partial charge in [0, 0.05) is 5.25 Å². The maximum Gasteiger partial charge on any atom is 0.252 e. The van der Waals surface area contributed by atoms with Gasteiger partial charge in [-0.05, 0) is 24.6 Å². The number of carbonyl (C=O) groups excluding carboxylic acids is 1. The summed E-state index contributed by atoms with van der Waals surface area (Å²) in [7, 11) is -1.54. The number of aliphatic imine (C=N–C) groups is 1. The zero-order valence-electron chi connectivity index (χ0n) is 16.2. The molecule has 4 rings (SSSR count). The number of anilines is 1. The molecule has 2 fully saturated rings. The summed E-state index contributed by atoms with van der Waals surface area (Å²) in [6.45, 7) is 1.98. The molecule has 2 heterocycles. The molecule has 1 amide bonds. The van der Waals surface area contributed by atoms with Crippen LogP contribution in [-0.4, -0.2) is 49.4 Å². The molecule has 0 N–H and O–H groups in total. The van der Waals surface area contributed by atoms with Crippen LogP contribution < -0.4 is 9.64 Å². The normalized spacial score (nSPS) is 23.9. The number of carbonyl (C=O) groups is 1. The van der Waals surface area contributed by atoms with Crippen molar-refractivity contribution in [3.63, 3.8) is 0 Å². The van der Waals surface area contributed by atoms with Crippen molar-refractivity contribution in [2.45, 2.75) is 24.6 Å². The van der Waals surface area contributed by atoms with Crippen LogP contribution in [-0.2, 0) is 21.1 Å². The van der Waals surface area contributed by atoms with Crippen LogP contribution >= 0.6 is 11.8 Å². The van der Waals surface area contributed by atoms with E-state index in [1.165, 1.54) is 11.8 Å². The first-order chi connectivity index (χ1) is 13.9. The van der Waals surface area contributed by atoms with Crippen LogP contribution in [0.4, 0.5) is 5.69 Å². The zero-order chi connectivity index (χ0) is 20.6. The molecule has 0 aromatic heterocycles. The number of para-hydroxylation sites is 2. The Morgan fingerprint density at radius 2 is 2.00 bits per heavy atom. The van der Waals surface area contributed by atoms with E-state index in [9.17, 15) is 13.2 Å². The molecule has 0 saturated carbocycles. The minimum absolute atomic E-state index is 0.0494. The maximum atomic E-state index is 12.7.